The van der Waals surface area contributed by atoms with E-state index >= 15 is 0 Å². The summed E-state index contributed by atoms with van der Waals surface area (Å²) in [6.45, 7) is 6.63. The van der Waals surface area contributed by atoms with Crippen molar-refractivity contribution in [1.29, 1.82) is 0 Å². The summed E-state index contributed by atoms with van der Waals surface area (Å²) in [5, 5.41) is 12.2. The molecular weight excluding hydrogens is 260 g/mol. The smallest absolute Gasteiger partial charge is 0.410 e. The van der Waals surface area contributed by atoms with Crippen LogP contribution in [0, 0.1) is 5.41 Å². The van der Waals surface area contributed by atoms with Crippen molar-refractivity contribution in [1.82, 2.24) is 10.2 Å². The summed E-state index contributed by atoms with van der Waals surface area (Å²) in [5.41, 5.74) is -0.699. The molecule has 0 aromatic rings. The predicted octanol–water partition coefficient (Wildman–Crippen LogP) is 0.884. The van der Waals surface area contributed by atoms with Gasteiger partial charge in [-0.2, -0.15) is 0 Å². The van der Waals surface area contributed by atoms with E-state index in [-0.39, 0.29) is 30.1 Å². The molecule has 6 heteroatoms. The molecule has 2 aliphatic rings. The lowest BCUT2D eigenvalue weighted by atomic mass is 9.72. The number of hydrogen-bond donors (Lipinski definition) is 2. The second kappa shape index (κ2) is 5.24. The lowest BCUT2D eigenvalue weighted by Crippen LogP contribution is -2.50. The molecule has 6 nitrogen and oxygen atoms in total. The Morgan fingerprint density at radius 1 is 1.45 bits per heavy atom. The van der Waals surface area contributed by atoms with E-state index in [1.165, 1.54) is 0 Å². The summed E-state index contributed by atoms with van der Waals surface area (Å²) in [6.07, 6.45) is 1.58. The number of rotatable bonds is 1. The normalized spacial score (nSPS) is 25.7. The van der Waals surface area contributed by atoms with Gasteiger partial charge < -0.3 is 20.1 Å². The molecule has 0 aromatic carbocycles. The van der Waals surface area contributed by atoms with E-state index < -0.39 is 5.60 Å². The van der Waals surface area contributed by atoms with Crippen molar-refractivity contribution in [3.8, 4) is 0 Å². The maximum absolute atomic E-state index is 12.0. The molecule has 20 heavy (non-hydrogen) atoms. The molecule has 0 unspecified atom stereocenters. The molecule has 1 atom stereocenters. The van der Waals surface area contributed by atoms with Crippen molar-refractivity contribution in [3.05, 3.63) is 0 Å². The van der Waals surface area contributed by atoms with Crippen LogP contribution in [0.1, 0.15) is 40.0 Å². The number of nitrogens with one attached hydrogen (secondary N) is 1. The highest BCUT2D eigenvalue weighted by Gasteiger charge is 2.48. The fourth-order valence-electron chi connectivity index (χ4n) is 3.07. The van der Waals surface area contributed by atoms with Gasteiger partial charge in [-0.1, -0.05) is 0 Å². The van der Waals surface area contributed by atoms with Crippen molar-refractivity contribution in [2.75, 3.05) is 19.7 Å². The Bertz CT molecular complexity index is 394. The van der Waals surface area contributed by atoms with Gasteiger partial charge in [0.25, 0.3) is 0 Å². The Hall–Kier alpha value is -1.30. The number of likely N-dealkylation sites (tertiary alicyclic amines) is 1. The van der Waals surface area contributed by atoms with Gasteiger partial charge in [-0.3, -0.25) is 4.79 Å². The van der Waals surface area contributed by atoms with Gasteiger partial charge in [-0.25, -0.2) is 4.79 Å². The number of carbonyl (C=O) groups is 2. The average molecular weight is 284 g/mol. The Kier molecular flexibility index (Phi) is 3.95. The molecule has 2 N–H and O–H groups in total. The molecule has 2 saturated heterocycles. The molecular formula is C14H24N2O4. The van der Waals surface area contributed by atoms with Gasteiger partial charge in [0.2, 0.25) is 5.91 Å². The third-order valence-corrected chi connectivity index (χ3v) is 4.18. The van der Waals surface area contributed by atoms with Crippen molar-refractivity contribution in [2.45, 2.75) is 51.7 Å². The molecule has 0 aliphatic carbocycles. The Labute approximate surface area is 119 Å². The Morgan fingerprint density at radius 2 is 2.05 bits per heavy atom. The molecule has 0 bridgehead atoms. The molecule has 2 fully saturated rings. The summed E-state index contributed by atoms with van der Waals surface area (Å²) in [5.74, 6) is -0.00484. The van der Waals surface area contributed by atoms with Crippen molar-refractivity contribution < 1.29 is 19.4 Å². The van der Waals surface area contributed by atoms with Crippen molar-refractivity contribution in [3.63, 3.8) is 0 Å². The van der Waals surface area contributed by atoms with Gasteiger partial charge >= 0.3 is 6.09 Å². The largest absolute Gasteiger partial charge is 0.444 e. The quantitative estimate of drug-likeness (QED) is 0.749. The summed E-state index contributed by atoms with van der Waals surface area (Å²) in [6, 6.07) is -0.184. The number of aliphatic hydroxyl groups is 1. The molecule has 0 aromatic heterocycles. The number of piperidine rings is 1. The summed E-state index contributed by atoms with van der Waals surface area (Å²) in [4.78, 5) is 25.3. The fourth-order valence-corrected chi connectivity index (χ4v) is 3.07. The van der Waals surface area contributed by atoms with Gasteiger partial charge in [-0.15, -0.1) is 0 Å². The topological polar surface area (TPSA) is 78.9 Å². The monoisotopic (exact) mass is 284 g/mol. The standard InChI is InChI=1S/C14H24N2O4/c1-13(2,3)20-12(19)16-6-4-14(5-7-16)8-11(18)15-10(14)9-17/h10,17H,4-9H2,1-3H3,(H,15,18)/t10-/m0/s1. The third-order valence-electron chi connectivity index (χ3n) is 4.18. The van der Waals surface area contributed by atoms with Crippen LogP contribution >= 0.6 is 0 Å². The highest BCUT2D eigenvalue weighted by Crippen LogP contribution is 2.42. The number of carbonyl (C=O) groups excluding carboxylic acids is 2. The van der Waals surface area contributed by atoms with Crippen molar-refractivity contribution in [2.24, 2.45) is 5.41 Å². The predicted molar refractivity (Wildman–Crippen MR) is 73.1 cm³/mol. The number of aliphatic hydroxyl groups excluding tert-OH is 1. The number of ether oxygens (including phenoxy) is 1. The van der Waals surface area contributed by atoms with Crippen LogP contribution in [-0.4, -0.2) is 53.3 Å². The zero-order chi connectivity index (χ0) is 15.0. The van der Waals surface area contributed by atoms with Gasteiger partial charge in [-0.05, 0) is 33.6 Å². The first-order chi connectivity index (χ1) is 9.26. The average Bonchev–Trinajstić information content (AvgIpc) is 2.64. The number of hydrogen-bond acceptors (Lipinski definition) is 4. The van der Waals surface area contributed by atoms with Crippen LogP contribution in [0.15, 0.2) is 0 Å². The van der Waals surface area contributed by atoms with Crippen LogP contribution in [-0.2, 0) is 9.53 Å². The molecule has 2 aliphatic heterocycles. The van der Waals surface area contributed by atoms with E-state index in [9.17, 15) is 14.7 Å². The Morgan fingerprint density at radius 3 is 2.55 bits per heavy atom. The van der Waals surface area contributed by atoms with Crippen molar-refractivity contribution >= 4 is 12.0 Å². The first kappa shape index (κ1) is 15.1. The molecule has 0 radical (unpaired) electrons. The first-order valence-electron chi connectivity index (χ1n) is 7.14. The van der Waals surface area contributed by atoms with E-state index in [4.69, 9.17) is 4.74 Å². The minimum absolute atomic E-state index is 0.00484. The molecule has 0 saturated carbocycles. The zero-order valence-corrected chi connectivity index (χ0v) is 12.4. The number of amides is 2. The van der Waals surface area contributed by atoms with Crippen LogP contribution in [0.25, 0.3) is 0 Å². The molecule has 2 heterocycles. The van der Waals surface area contributed by atoms with Crippen LogP contribution in [0.4, 0.5) is 4.79 Å². The SMILES string of the molecule is CC(C)(C)OC(=O)N1CCC2(CC1)CC(=O)N[C@H]2CO. The van der Waals surface area contributed by atoms with Gasteiger partial charge in [0.1, 0.15) is 5.60 Å². The lowest BCUT2D eigenvalue weighted by molar-refractivity contribution is -0.120. The highest BCUT2D eigenvalue weighted by atomic mass is 16.6. The molecule has 2 amide bonds. The van der Waals surface area contributed by atoms with Crippen LogP contribution in [0.5, 0.6) is 0 Å². The Balaban J connectivity index is 1.95. The van der Waals surface area contributed by atoms with E-state index in [1.807, 2.05) is 20.8 Å². The summed E-state index contributed by atoms with van der Waals surface area (Å²) in [7, 11) is 0. The van der Waals surface area contributed by atoms with Gasteiger partial charge in [0, 0.05) is 24.9 Å². The van der Waals surface area contributed by atoms with E-state index in [2.05, 4.69) is 5.32 Å². The summed E-state index contributed by atoms with van der Waals surface area (Å²) < 4.78 is 5.36. The molecule has 2 rings (SSSR count). The van der Waals surface area contributed by atoms with Gasteiger partial charge in [0.15, 0.2) is 0 Å². The minimum atomic E-state index is -0.495. The lowest BCUT2D eigenvalue weighted by Gasteiger charge is -2.41. The van der Waals surface area contributed by atoms with E-state index in [0.717, 1.165) is 12.8 Å². The molecule has 114 valence electrons. The minimum Gasteiger partial charge on any atom is -0.444 e. The zero-order valence-electron chi connectivity index (χ0n) is 12.4. The second-order valence-electron chi connectivity index (χ2n) is 6.81. The number of nitrogens with zero attached hydrogens (tertiary/aromatic N) is 1. The third kappa shape index (κ3) is 3.06. The van der Waals surface area contributed by atoms with Crippen LogP contribution in [0.2, 0.25) is 0 Å². The first-order valence-corrected chi connectivity index (χ1v) is 7.14. The van der Waals surface area contributed by atoms with E-state index in [1.54, 1.807) is 4.90 Å². The highest BCUT2D eigenvalue weighted by molar-refractivity contribution is 5.80. The fraction of sp³-hybridized carbons (Fsp3) is 0.857. The molecule has 1 spiro atoms. The maximum atomic E-state index is 12.0. The van der Waals surface area contributed by atoms with E-state index in [0.29, 0.717) is 19.5 Å². The van der Waals surface area contributed by atoms with Gasteiger partial charge in [0.05, 0.1) is 12.6 Å². The van der Waals surface area contributed by atoms with Crippen LogP contribution < -0.4 is 5.32 Å². The maximum Gasteiger partial charge on any atom is 0.410 e. The second-order valence-corrected chi connectivity index (χ2v) is 6.81. The summed E-state index contributed by atoms with van der Waals surface area (Å²) >= 11 is 0. The van der Waals surface area contributed by atoms with Crippen LogP contribution in [0.3, 0.4) is 0 Å².